The van der Waals surface area contributed by atoms with Crippen molar-refractivity contribution in [1.29, 1.82) is 0 Å². The van der Waals surface area contributed by atoms with Crippen molar-refractivity contribution < 1.29 is 37.0 Å². The maximum Gasteiger partial charge on any atom is 0.483 e. The first-order valence-electron chi connectivity index (χ1n) is 12.2. The maximum absolute atomic E-state index is 12.5. The molecule has 0 aromatic heterocycles. The molecule has 0 heterocycles. The Labute approximate surface area is 199 Å². The van der Waals surface area contributed by atoms with E-state index >= 15 is 0 Å². The van der Waals surface area contributed by atoms with Crippen molar-refractivity contribution in [3.05, 3.63) is 30.3 Å². The van der Waals surface area contributed by atoms with Gasteiger partial charge >= 0.3 is 15.6 Å². The van der Waals surface area contributed by atoms with Crippen LogP contribution in [0.1, 0.15) is 90.4 Å². The van der Waals surface area contributed by atoms with E-state index in [0.717, 1.165) is 19.3 Å². The summed E-state index contributed by atoms with van der Waals surface area (Å²) in [6, 6.07) is 8.94. The lowest BCUT2D eigenvalue weighted by molar-refractivity contribution is 0.121. The molecule has 33 heavy (non-hydrogen) atoms. The van der Waals surface area contributed by atoms with Crippen molar-refractivity contribution in [2.45, 2.75) is 90.4 Å². The normalized spacial score (nSPS) is 13.7. The number of benzene rings is 1. The van der Waals surface area contributed by atoms with Crippen LogP contribution in [0.25, 0.3) is 0 Å². The van der Waals surface area contributed by atoms with E-state index in [4.69, 9.17) is 23.6 Å². The van der Waals surface area contributed by atoms with Crippen molar-refractivity contribution in [2.75, 3.05) is 19.8 Å². The number of phosphoric acid groups is 2. The Bertz CT molecular complexity index is 680. The minimum Gasteiger partial charge on any atom is -0.491 e. The molecular formula is C23H42O8P2. The summed E-state index contributed by atoms with van der Waals surface area (Å²) < 4.78 is 43.6. The molecule has 2 N–H and O–H groups in total. The van der Waals surface area contributed by atoms with E-state index in [2.05, 4.69) is 11.2 Å². The number of hydrogen-bond acceptors (Lipinski definition) is 6. The third kappa shape index (κ3) is 18.3. The molecule has 1 atom stereocenters. The van der Waals surface area contributed by atoms with Crippen molar-refractivity contribution >= 4 is 15.6 Å². The standard InChI is InChI=1S/C23H42O8P2/c1-2-3-4-5-6-7-8-9-10-11-12-13-17-20-29-33(27,31-32(24,25)26)30-22-21-28-23-18-15-14-16-19-23/h14-16,18-19H,2-13,17,20-22H2,1H3,(H2,24,25,26). The second-order valence-corrected chi connectivity index (χ2v) is 11.1. The molecule has 0 saturated heterocycles. The molecule has 0 bridgehead atoms. The zero-order chi connectivity index (χ0) is 24.3. The summed E-state index contributed by atoms with van der Waals surface area (Å²) in [5, 5.41) is 0. The average molecular weight is 509 g/mol. The van der Waals surface area contributed by atoms with Gasteiger partial charge in [-0.05, 0) is 18.6 Å². The van der Waals surface area contributed by atoms with Crippen LogP contribution >= 0.6 is 15.6 Å². The van der Waals surface area contributed by atoms with Crippen molar-refractivity contribution in [3.8, 4) is 5.75 Å². The summed E-state index contributed by atoms with van der Waals surface area (Å²) in [5.41, 5.74) is 0. The summed E-state index contributed by atoms with van der Waals surface area (Å²) in [6.45, 7) is 2.10. The number of hydrogen-bond donors (Lipinski definition) is 2. The molecule has 10 heteroatoms. The molecule has 8 nitrogen and oxygen atoms in total. The van der Waals surface area contributed by atoms with Crippen LogP contribution in [0, 0.1) is 0 Å². The quantitative estimate of drug-likeness (QED) is 0.123. The lowest BCUT2D eigenvalue weighted by Gasteiger charge is -2.18. The molecule has 1 unspecified atom stereocenters. The molecule has 0 aliphatic rings. The molecule has 0 fully saturated rings. The van der Waals surface area contributed by atoms with Gasteiger partial charge in [0.1, 0.15) is 12.4 Å². The van der Waals surface area contributed by atoms with Gasteiger partial charge in [-0.3, -0.25) is 9.05 Å². The van der Waals surface area contributed by atoms with E-state index in [1.807, 2.05) is 6.07 Å². The van der Waals surface area contributed by atoms with Crippen LogP contribution in [0.15, 0.2) is 30.3 Å². The molecule has 0 aliphatic heterocycles. The lowest BCUT2D eigenvalue weighted by atomic mass is 10.0. The van der Waals surface area contributed by atoms with Gasteiger partial charge < -0.3 is 14.5 Å². The Morgan fingerprint density at radius 3 is 1.67 bits per heavy atom. The van der Waals surface area contributed by atoms with E-state index < -0.39 is 15.6 Å². The summed E-state index contributed by atoms with van der Waals surface area (Å²) in [5.74, 6) is 0.597. The third-order valence-electron chi connectivity index (χ3n) is 5.05. The highest BCUT2D eigenvalue weighted by Crippen LogP contribution is 2.61. The van der Waals surface area contributed by atoms with E-state index in [1.54, 1.807) is 24.3 Å². The van der Waals surface area contributed by atoms with E-state index in [1.165, 1.54) is 57.8 Å². The fourth-order valence-corrected chi connectivity index (χ4v) is 5.48. The van der Waals surface area contributed by atoms with Gasteiger partial charge in [0.05, 0.1) is 13.2 Å². The van der Waals surface area contributed by atoms with Gasteiger partial charge in [0.2, 0.25) is 0 Å². The zero-order valence-corrected chi connectivity index (χ0v) is 21.7. The van der Waals surface area contributed by atoms with Gasteiger partial charge in [0.25, 0.3) is 0 Å². The van der Waals surface area contributed by atoms with Crippen LogP contribution in [0.2, 0.25) is 0 Å². The van der Waals surface area contributed by atoms with Crippen LogP contribution < -0.4 is 4.74 Å². The molecule has 0 saturated carbocycles. The van der Waals surface area contributed by atoms with Crippen molar-refractivity contribution in [2.24, 2.45) is 0 Å². The third-order valence-corrected chi connectivity index (χ3v) is 7.70. The van der Waals surface area contributed by atoms with E-state index in [0.29, 0.717) is 12.2 Å². The highest BCUT2D eigenvalue weighted by atomic mass is 31.3. The first kappa shape index (κ1) is 30.3. The number of ether oxygens (including phenoxy) is 1. The molecular weight excluding hydrogens is 466 g/mol. The molecule has 0 radical (unpaired) electrons. The Kier molecular flexibility index (Phi) is 17.1. The first-order chi connectivity index (χ1) is 15.8. The minimum absolute atomic E-state index is 0.0284. The highest BCUT2D eigenvalue weighted by molar-refractivity contribution is 7.61. The number of para-hydroxylation sites is 1. The van der Waals surface area contributed by atoms with Gasteiger partial charge in [-0.2, -0.15) is 4.31 Å². The van der Waals surface area contributed by atoms with Gasteiger partial charge in [0.15, 0.2) is 0 Å². The smallest absolute Gasteiger partial charge is 0.483 e. The van der Waals surface area contributed by atoms with Gasteiger partial charge in [-0.25, -0.2) is 9.13 Å². The average Bonchev–Trinajstić information content (AvgIpc) is 2.76. The fraction of sp³-hybridized carbons (Fsp3) is 0.739. The van der Waals surface area contributed by atoms with Crippen LogP contribution in [0.4, 0.5) is 0 Å². The SMILES string of the molecule is CCCCCCCCCCCCCCCOP(=O)(OCCOc1ccccc1)OP(=O)(O)O. The second kappa shape index (κ2) is 18.6. The molecule has 1 aromatic rings. The first-order valence-corrected chi connectivity index (χ1v) is 15.2. The highest BCUT2D eigenvalue weighted by Gasteiger charge is 2.35. The summed E-state index contributed by atoms with van der Waals surface area (Å²) in [7, 11) is -9.43. The minimum atomic E-state index is -5.04. The van der Waals surface area contributed by atoms with Gasteiger partial charge in [0, 0.05) is 0 Å². The van der Waals surface area contributed by atoms with Crippen LogP contribution in [0.3, 0.4) is 0 Å². The number of unbranched alkanes of at least 4 members (excludes halogenated alkanes) is 12. The maximum atomic E-state index is 12.5. The predicted octanol–water partition coefficient (Wildman–Crippen LogP) is 7.41. The molecule has 1 rings (SSSR count). The topological polar surface area (TPSA) is 112 Å². The van der Waals surface area contributed by atoms with Crippen LogP contribution in [0.5, 0.6) is 5.75 Å². The molecule has 1 aromatic carbocycles. The van der Waals surface area contributed by atoms with Crippen molar-refractivity contribution in [1.82, 2.24) is 0 Å². The fourth-order valence-electron chi connectivity index (χ4n) is 3.34. The Hall–Kier alpha value is -0.720. The molecule has 0 spiro atoms. The molecule has 0 amide bonds. The molecule has 0 aliphatic carbocycles. The number of rotatable bonds is 22. The van der Waals surface area contributed by atoms with Gasteiger partial charge in [-0.1, -0.05) is 102 Å². The predicted molar refractivity (Wildman–Crippen MR) is 130 cm³/mol. The molecule has 192 valence electrons. The van der Waals surface area contributed by atoms with Crippen LogP contribution in [-0.4, -0.2) is 29.6 Å². The zero-order valence-electron chi connectivity index (χ0n) is 19.9. The summed E-state index contributed by atoms with van der Waals surface area (Å²) >= 11 is 0. The number of phosphoric ester groups is 1. The summed E-state index contributed by atoms with van der Waals surface area (Å²) in [4.78, 5) is 18.1. The van der Waals surface area contributed by atoms with Crippen molar-refractivity contribution in [3.63, 3.8) is 0 Å². The second-order valence-electron chi connectivity index (χ2n) is 8.09. The van der Waals surface area contributed by atoms with E-state index in [-0.39, 0.29) is 19.8 Å². The van der Waals surface area contributed by atoms with Gasteiger partial charge in [-0.15, -0.1) is 0 Å². The Morgan fingerprint density at radius 2 is 1.15 bits per heavy atom. The van der Waals surface area contributed by atoms with Crippen LogP contribution in [-0.2, 0) is 22.5 Å². The monoisotopic (exact) mass is 508 g/mol. The Morgan fingerprint density at radius 1 is 0.667 bits per heavy atom. The summed E-state index contributed by atoms with van der Waals surface area (Å²) in [6.07, 6.45) is 15.4. The largest absolute Gasteiger partial charge is 0.491 e. The van der Waals surface area contributed by atoms with E-state index in [9.17, 15) is 9.13 Å². The lowest BCUT2D eigenvalue weighted by Crippen LogP contribution is -2.08. The Balaban J connectivity index is 2.12.